The predicted octanol–water partition coefficient (Wildman–Crippen LogP) is 4.01. The maximum atomic E-state index is 12.2. The van der Waals surface area contributed by atoms with Crippen LogP contribution >= 0.6 is 11.3 Å². The quantitative estimate of drug-likeness (QED) is 0.862. The molecule has 24 heavy (non-hydrogen) atoms. The van der Waals surface area contributed by atoms with Crippen molar-refractivity contribution < 1.29 is 9.59 Å². The molecular weight excluding hydrogens is 320 g/mol. The largest absolute Gasteiger partial charge is 0.326 e. The molecule has 1 aromatic heterocycles. The highest BCUT2D eigenvalue weighted by Gasteiger charge is 2.23. The van der Waals surface area contributed by atoms with Crippen molar-refractivity contribution in [1.29, 1.82) is 0 Å². The molecule has 0 saturated carbocycles. The fourth-order valence-corrected chi connectivity index (χ4v) is 3.68. The smallest absolute Gasteiger partial charge is 0.229 e. The number of amides is 2. The first-order valence-corrected chi connectivity index (χ1v) is 9.31. The highest BCUT2D eigenvalue weighted by Crippen LogP contribution is 2.30. The van der Waals surface area contributed by atoms with E-state index in [0.29, 0.717) is 12.8 Å². The van der Waals surface area contributed by atoms with Crippen LogP contribution in [0.15, 0.2) is 35.7 Å². The third-order valence-electron chi connectivity index (χ3n) is 4.21. The molecule has 0 saturated heterocycles. The summed E-state index contributed by atoms with van der Waals surface area (Å²) in [6.45, 7) is 2.90. The summed E-state index contributed by atoms with van der Waals surface area (Å²) in [6.07, 6.45) is 3.76. The van der Waals surface area contributed by atoms with Crippen LogP contribution in [-0.4, -0.2) is 18.4 Å². The Labute approximate surface area is 146 Å². The van der Waals surface area contributed by atoms with Crippen LogP contribution in [0.3, 0.4) is 0 Å². The zero-order valence-electron chi connectivity index (χ0n) is 13.9. The van der Waals surface area contributed by atoms with Crippen LogP contribution in [0.25, 0.3) is 0 Å². The van der Waals surface area contributed by atoms with Gasteiger partial charge in [-0.1, -0.05) is 19.4 Å². The van der Waals surface area contributed by atoms with Crippen LogP contribution in [0, 0.1) is 0 Å². The Bertz CT molecular complexity index is 725. The number of thiophene rings is 1. The molecule has 4 nitrogen and oxygen atoms in total. The van der Waals surface area contributed by atoms with E-state index in [9.17, 15) is 9.59 Å². The first-order valence-electron chi connectivity index (χ1n) is 8.43. The second-order valence-corrected chi connectivity index (χ2v) is 7.08. The number of benzene rings is 1. The molecule has 0 spiro atoms. The van der Waals surface area contributed by atoms with Gasteiger partial charge in [0.25, 0.3) is 0 Å². The maximum Gasteiger partial charge on any atom is 0.229 e. The number of rotatable bonds is 6. The van der Waals surface area contributed by atoms with E-state index in [4.69, 9.17) is 0 Å². The van der Waals surface area contributed by atoms with Gasteiger partial charge in [0, 0.05) is 29.2 Å². The molecule has 0 unspecified atom stereocenters. The van der Waals surface area contributed by atoms with E-state index in [1.165, 1.54) is 0 Å². The summed E-state index contributed by atoms with van der Waals surface area (Å²) < 4.78 is 0. The lowest BCUT2D eigenvalue weighted by Gasteiger charge is -2.29. The number of hydrogen-bond acceptors (Lipinski definition) is 3. The second kappa shape index (κ2) is 7.62. The predicted molar refractivity (Wildman–Crippen MR) is 98.7 cm³/mol. The Hall–Kier alpha value is -2.14. The van der Waals surface area contributed by atoms with Gasteiger partial charge < -0.3 is 10.2 Å². The van der Waals surface area contributed by atoms with Gasteiger partial charge in [0.2, 0.25) is 11.8 Å². The molecule has 2 aromatic rings. The molecule has 2 amide bonds. The minimum Gasteiger partial charge on any atom is -0.326 e. The third kappa shape index (κ3) is 3.85. The van der Waals surface area contributed by atoms with Crippen LogP contribution in [0.1, 0.15) is 36.6 Å². The number of nitrogens with zero attached hydrogens (tertiary/aromatic N) is 1. The highest BCUT2D eigenvalue weighted by molar-refractivity contribution is 7.10. The normalized spacial score (nSPS) is 13.7. The number of fused-ring (bicyclic) bond motifs is 1. The average molecular weight is 342 g/mol. The molecular formula is C19H22N2O2S. The zero-order valence-corrected chi connectivity index (χ0v) is 14.7. The molecule has 0 atom stereocenters. The molecule has 2 heterocycles. The molecule has 1 aliphatic rings. The van der Waals surface area contributed by atoms with Gasteiger partial charge in [0.1, 0.15) is 0 Å². The lowest BCUT2D eigenvalue weighted by atomic mass is 10.00. The van der Waals surface area contributed by atoms with E-state index < -0.39 is 0 Å². The van der Waals surface area contributed by atoms with Gasteiger partial charge in [0.15, 0.2) is 0 Å². The van der Waals surface area contributed by atoms with E-state index in [-0.39, 0.29) is 11.8 Å². The second-order valence-electron chi connectivity index (χ2n) is 6.05. The van der Waals surface area contributed by atoms with Gasteiger partial charge >= 0.3 is 0 Å². The monoisotopic (exact) mass is 342 g/mol. The van der Waals surface area contributed by atoms with Gasteiger partial charge in [0.05, 0.1) is 6.42 Å². The van der Waals surface area contributed by atoms with Gasteiger partial charge in [-0.05, 0) is 48.1 Å². The molecule has 1 aliphatic heterocycles. The van der Waals surface area contributed by atoms with Gasteiger partial charge in [-0.2, -0.15) is 0 Å². The first-order chi connectivity index (χ1) is 11.7. The fraction of sp³-hybridized carbons (Fsp3) is 0.368. The molecule has 5 heteroatoms. The van der Waals surface area contributed by atoms with Crippen molar-refractivity contribution in [3.05, 3.63) is 46.2 Å². The molecule has 0 aliphatic carbocycles. The minimum absolute atomic E-state index is 0.00729. The molecule has 126 valence electrons. The van der Waals surface area contributed by atoms with Crippen LogP contribution in [0.4, 0.5) is 11.4 Å². The first kappa shape index (κ1) is 16.7. The lowest BCUT2D eigenvalue weighted by Crippen LogP contribution is -2.35. The van der Waals surface area contributed by atoms with Crippen LogP contribution in [0.5, 0.6) is 0 Å². The van der Waals surface area contributed by atoms with Crippen LogP contribution in [0.2, 0.25) is 0 Å². The number of nitrogens with one attached hydrogen (secondary N) is 1. The minimum atomic E-state index is -0.00729. The standard InChI is InChI=1S/C19H22N2O2S/c1-2-3-10-21-17-8-7-15(12-14(17)6-9-19(21)23)20-18(22)13-16-5-4-11-24-16/h4-5,7-8,11-12H,2-3,6,9-10,13H2,1H3,(H,20,22). The van der Waals surface area contributed by atoms with Gasteiger partial charge in [-0.25, -0.2) is 0 Å². The average Bonchev–Trinajstić information content (AvgIpc) is 3.07. The van der Waals surface area contributed by atoms with Crippen molar-refractivity contribution in [1.82, 2.24) is 0 Å². The summed E-state index contributed by atoms with van der Waals surface area (Å²) in [6, 6.07) is 9.78. The third-order valence-corrected chi connectivity index (χ3v) is 5.09. The summed E-state index contributed by atoms with van der Waals surface area (Å²) >= 11 is 1.59. The SMILES string of the molecule is CCCCN1C(=O)CCc2cc(NC(=O)Cc3cccs3)ccc21. The molecule has 1 N–H and O–H groups in total. The van der Waals surface area contributed by atoms with Crippen molar-refractivity contribution in [3.63, 3.8) is 0 Å². The molecule has 0 fully saturated rings. The fourth-order valence-electron chi connectivity index (χ4n) is 2.98. The van der Waals surface area contributed by atoms with Crippen molar-refractivity contribution in [3.8, 4) is 0 Å². The summed E-state index contributed by atoms with van der Waals surface area (Å²) in [5, 5.41) is 4.94. The Morgan fingerprint density at radius 3 is 2.92 bits per heavy atom. The Morgan fingerprint density at radius 2 is 2.17 bits per heavy atom. The zero-order chi connectivity index (χ0) is 16.9. The van der Waals surface area contributed by atoms with Crippen LogP contribution in [-0.2, 0) is 22.4 Å². The van der Waals surface area contributed by atoms with Gasteiger partial charge in [-0.3, -0.25) is 9.59 Å². The topological polar surface area (TPSA) is 49.4 Å². The van der Waals surface area contributed by atoms with Crippen molar-refractivity contribution in [2.75, 3.05) is 16.8 Å². The Morgan fingerprint density at radius 1 is 1.29 bits per heavy atom. The van der Waals surface area contributed by atoms with Crippen LogP contribution < -0.4 is 10.2 Å². The Kier molecular flexibility index (Phi) is 5.30. The van der Waals surface area contributed by atoms with E-state index in [1.807, 2.05) is 40.6 Å². The molecule has 0 bridgehead atoms. The van der Waals surface area contributed by atoms with Crippen molar-refractivity contribution in [2.24, 2.45) is 0 Å². The van der Waals surface area contributed by atoms with Gasteiger partial charge in [-0.15, -0.1) is 11.3 Å². The number of unbranched alkanes of at least 4 members (excludes halogenated alkanes) is 1. The van der Waals surface area contributed by atoms with Crippen molar-refractivity contribution in [2.45, 2.75) is 39.0 Å². The number of aryl methyl sites for hydroxylation is 1. The Balaban J connectivity index is 1.71. The number of carbonyl (C=O) groups is 2. The summed E-state index contributed by atoms with van der Waals surface area (Å²) in [7, 11) is 0. The number of carbonyl (C=O) groups excluding carboxylic acids is 2. The number of hydrogen-bond donors (Lipinski definition) is 1. The maximum absolute atomic E-state index is 12.2. The van der Waals surface area contributed by atoms with E-state index >= 15 is 0 Å². The summed E-state index contributed by atoms with van der Waals surface area (Å²) in [4.78, 5) is 27.2. The number of anilines is 2. The lowest BCUT2D eigenvalue weighted by molar-refractivity contribution is -0.119. The van der Waals surface area contributed by atoms with E-state index in [1.54, 1.807) is 11.3 Å². The molecule has 1 aromatic carbocycles. The van der Waals surface area contributed by atoms with E-state index in [0.717, 1.165) is 47.6 Å². The highest BCUT2D eigenvalue weighted by atomic mass is 32.1. The summed E-state index contributed by atoms with van der Waals surface area (Å²) in [5.41, 5.74) is 2.94. The molecule has 0 radical (unpaired) electrons. The van der Waals surface area contributed by atoms with Crippen molar-refractivity contribution >= 4 is 34.5 Å². The van der Waals surface area contributed by atoms with E-state index in [2.05, 4.69) is 12.2 Å². The summed E-state index contributed by atoms with van der Waals surface area (Å²) in [5.74, 6) is 0.192. The molecule has 3 rings (SSSR count).